The zero-order valence-electron chi connectivity index (χ0n) is 15.4. The van der Waals surface area contributed by atoms with Crippen molar-refractivity contribution in [2.24, 2.45) is 0 Å². The molecule has 6 heteroatoms. The van der Waals surface area contributed by atoms with Crippen LogP contribution in [0.25, 0.3) is 11.4 Å². The van der Waals surface area contributed by atoms with E-state index in [2.05, 4.69) is 71.7 Å². The van der Waals surface area contributed by atoms with Gasteiger partial charge in [0.25, 0.3) is 0 Å². The molecule has 1 amide bonds. The second-order valence-corrected chi connectivity index (χ2v) is 7.93. The van der Waals surface area contributed by atoms with Gasteiger partial charge in [0.1, 0.15) is 0 Å². The van der Waals surface area contributed by atoms with Gasteiger partial charge >= 0.3 is 0 Å². The summed E-state index contributed by atoms with van der Waals surface area (Å²) in [6.45, 7) is 13.2. The molecule has 0 fully saturated rings. The van der Waals surface area contributed by atoms with Crippen molar-refractivity contribution in [2.75, 3.05) is 12.3 Å². The summed E-state index contributed by atoms with van der Waals surface area (Å²) >= 11 is 1.58. The Hall–Kier alpha value is -2.08. The Morgan fingerprint density at radius 2 is 1.96 bits per heavy atom. The number of benzene rings is 1. The Kier molecular flexibility index (Phi) is 6.42. The molecule has 0 atom stereocenters. The maximum Gasteiger partial charge on any atom is 0.216 e. The first-order chi connectivity index (χ1) is 11.8. The molecule has 0 bridgehead atoms. The first-order valence-electron chi connectivity index (χ1n) is 8.35. The van der Waals surface area contributed by atoms with Crippen molar-refractivity contribution < 1.29 is 4.79 Å². The van der Waals surface area contributed by atoms with Crippen LogP contribution in [0.3, 0.4) is 0 Å². The van der Waals surface area contributed by atoms with Gasteiger partial charge in [-0.15, -0.1) is 16.8 Å². The van der Waals surface area contributed by atoms with Crippen LogP contribution in [0.15, 0.2) is 42.1 Å². The molecule has 0 aliphatic rings. The molecule has 2 aromatic rings. The van der Waals surface area contributed by atoms with Crippen molar-refractivity contribution in [3.63, 3.8) is 0 Å². The molecule has 2 rings (SSSR count). The van der Waals surface area contributed by atoms with Crippen molar-refractivity contribution in [1.29, 1.82) is 0 Å². The largest absolute Gasteiger partial charge is 0.356 e. The van der Waals surface area contributed by atoms with E-state index in [0.717, 1.165) is 22.3 Å². The average molecular weight is 359 g/mol. The Labute approximate surface area is 153 Å². The molecular formula is C19H26N4OS. The second-order valence-electron chi connectivity index (χ2n) is 6.86. The summed E-state index contributed by atoms with van der Waals surface area (Å²) < 4.78 is 2.05. The van der Waals surface area contributed by atoms with Gasteiger partial charge in [-0.25, -0.2) is 0 Å². The lowest BCUT2D eigenvalue weighted by Crippen LogP contribution is -2.22. The van der Waals surface area contributed by atoms with Gasteiger partial charge in [0.05, 0.1) is 0 Å². The van der Waals surface area contributed by atoms with E-state index in [-0.39, 0.29) is 11.3 Å². The Morgan fingerprint density at radius 3 is 2.52 bits per heavy atom. The zero-order valence-corrected chi connectivity index (χ0v) is 16.2. The van der Waals surface area contributed by atoms with E-state index in [1.807, 2.05) is 6.08 Å². The minimum absolute atomic E-state index is 0.0206. The first-order valence-corrected chi connectivity index (χ1v) is 9.33. The van der Waals surface area contributed by atoms with E-state index < -0.39 is 0 Å². The molecule has 134 valence electrons. The Bertz CT molecular complexity index is 729. The first kappa shape index (κ1) is 19.2. The third kappa shape index (κ3) is 5.19. The number of rotatable bonds is 7. The van der Waals surface area contributed by atoms with E-state index in [1.54, 1.807) is 11.8 Å². The number of nitrogens with one attached hydrogen (secondary N) is 1. The molecule has 25 heavy (non-hydrogen) atoms. The minimum atomic E-state index is -0.0206. The maximum absolute atomic E-state index is 10.9. The SMILES string of the molecule is C=CCn1c(SCCNC(C)=O)nnc1-c1ccc(C(C)(C)C)cc1. The predicted molar refractivity (Wildman–Crippen MR) is 104 cm³/mol. The zero-order chi connectivity index (χ0) is 18.4. The van der Waals surface area contributed by atoms with Gasteiger partial charge in [-0.2, -0.15) is 0 Å². The molecule has 0 saturated heterocycles. The lowest BCUT2D eigenvalue weighted by Gasteiger charge is -2.19. The molecule has 0 radical (unpaired) electrons. The number of carbonyl (C=O) groups excluding carboxylic acids is 1. The fraction of sp³-hybridized carbons (Fsp3) is 0.421. The monoisotopic (exact) mass is 358 g/mol. The molecule has 0 aliphatic heterocycles. The standard InChI is InChI=1S/C19H26N4OS/c1-6-12-23-17(15-7-9-16(10-8-15)19(3,4)5)21-22-18(23)25-13-11-20-14(2)24/h6-10H,1,11-13H2,2-5H3,(H,20,24). The molecule has 1 aromatic carbocycles. The molecule has 1 aromatic heterocycles. The van der Waals surface area contributed by atoms with E-state index >= 15 is 0 Å². The van der Waals surface area contributed by atoms with Gasteiger partial charge in [-0.1, -0.05) is 62.9 Å². The highest BCUT2D eigenvalue weighted by atomic mass is 32.2. The average Bonchev–Trinajstić information content (AvgIpc) is 2.94. The third-order valence-corrected chi connectivity index (χ3v) is 4.71. The van der Waals surface area contributed by atoms with Crippen LogP contribution in [0.4, 0.5) is 0 Å². The fourth-order valence-corrected chi connectivity index (χ4v) is 3.19. The predicted octanol–water partition coefficient (Wildman–Crippen LogP) is 3.66. The molecule has 0 unspecified atom stereocenters. The van der Waals surface area contributed by atoms with Crippen LogP contribution in [-0.4, -0.2) is 33.0 Å². The number of aromatic nitrogens is 3. The molecule has 1 heterocycles. The highest BCUT2D eigenvalue weighted by Gasteiger charge is 2.16. The van der Waals surface area contributed by atoms with Gasteiger partial charge in [0.2, 0.25) is 5.91 Å². The minimum Gasteiger partial charge on any atom is -0.356 e. The number of hydrogen-bond acceptors (Lipinski definition) is 4. The molecule has 1 N–H and O–H groups in total. The van der Waals surface area contributed by atoms with Crippen LogP contribution in [0.2, 0.25) is 0 Å². The van der Waals surface area contributed by atoms with Crippen molar-refractivity contribution in [3.8, 4) is 11.4 Å². The maximum atomic E-state index is 10.9. The van der Waals surface area contributed by atoms with E-state index in [1.165, 1.54) is 12.5 Å². The van der Waals surface area contributed by atoms with Gasteiger partial charge in [0.15, 0.2) is 11.0 Å². The van der Waals surface area contributed by atoms with Crippen molar-refractivity contribution in [1.82, 2.24) is 20.1 Å². The normalized spacial score (nSPS) is 11.4. The smallest absolute Gasteiger partial charge is 0.216 e. The fourth-order valence-electron chi connectivity index (χ4n) is 2.39. The van der Waals surface area contributed by atoms with E-state index in [0.29, 0.717) is 13.1 Å². The molecule has 0 aliphatic carbocycles. The molecule has 0 spiro atoms. The molecule has 0 saturated carbocycles. The summed E-state index contributed by atoms with van der Waals surface area (Å²) in [4.78, 5) is 10.9. The Balaban J connectivity index is 2.20. The van der Waals surface area contributed by atoms with E-state index in [4.69, 9.17) is 0 Å². The Morgan fingerprint density at radius 1 is 1.28 bits per heavy atom. The van der Waals surface area contributed by atoms with Crippen molar-refractivity contribution >= 4 is 17.7 Å². The molecular weight excluding hydrogens is 332 g/mol. The summed E-state index contributed by atoms with van der Waals surface area (Å²) in [5.74, 6) is 1.56. The highest BCUT2D eigenvalue weighted by Crippen LogP contribution is 2.27. The third-order valence-electron chi connectivity index (χ3n) is 3.74. The lowest BCUT2D eigenvalue weighted by molar-refractivity contribution is -0.118. The van der Waals surface area contributed by atoms with Gasteiger partial charge in [0, 0.05) is 31.3 Å². The molecule has 5 nitrogen and oxygen atoms in total. The van der Waals surface area contributed by atoms with Gasteiger partial charge < -0.3 is 5.32 Å². The second kappa shape index (κ2) is 8.34. The summed E-state index contributed by atoms with van der Waals surface area (Å²) in [7, 11) is 0. The number of nitrogens with zero attached hydrogens (tertiary/aromatic N) is 3. The van der Waals surface area contributed by atoms with Crippen LogP contribution >= 0.6 is 11.8 Å². The highest BCUT2D eigenvalue weighted by molar-refractivity contribution is 7.99. The summed E-state index contributed by atoms with van der Waals surface area (Å²) in [6, 6.07) is 8.48. The van der Waals surface area contributed by atoms with Gasteiger partial charge in [-0.05, 0) is 11.0 Å². The lowest BCUT2D eigenvalue weighted by atomic mass is 9.87. The number of allylic oxidation sites excluding steroid dienone is 1. The number of carbonyl (C=O) groups is 1. The van der Waals surface area contributed by atoms with Crippen molar-refractivity contribution in [3.05, 3.63) is 42.5 Å². The van der Waals surface area contributed by atoms with Crippen LogP contribution in [0.1, 0.15) is 33.3 Å². The topological polar surface area (TPSA) is 59.8 Å². The summed E-state index contributed by atoms with van der Waals surface area (Å²) in [5, 5.41) is 12.3. The quantitative estimate of drug-likeness (QED) is 0.466. The van der Waals surface area contributed by atoms with Crippen molar-refractivity contribution in [2.45, 2.75) is 44.8 Å². The number of hydrogen-bond donors (Lipinski definition) is 1. The van der Waals surface area contributed by atoms with Crippen LogP contribution in [0.5, 0.6) is 0 Å². The number of thioether (sulfide) groups is 1. The van der Waals surface area contributed by atoms with Gasteiger partial charge in [-0.3, -0.25) is 9.36 Å². The van der Waals surface area contributed by atoms with E-state index in [9.17, 15) is 4.79 Å². The van der Waals surface area contributed by atoms with Crippen LogP contribution in [0, 0.1) is 0 Å². The summed E-state index contributed by atoms with van der Waals surface area (Å²) in [5.41, 5.74) is 2.45. The van der Waals surface area contributed by atoms with Crippen LogP contribution < -0.4 is 5.32 Å². The summed E-state index contributed by atoms with van der Waals surface area (Å²) in [6.07, 6.45) is 1.84. The number of amides is 1. The van der Waals surface area contributed by atoms with Crippen LogP contribution in [-0.2, 0) is 16.8 Å².